The van der Waals surface area contributed by atoms with Gasteiger partial charge in [0.1, 0.15) is 5.82 Å². The number of sulfonamides is 1. The summed E-state index contributed by atoms with van der Waals surface area (Å²) in [6, 6.07) is 10.8. The number of benzene rings is 2. The van der Waals surface area contributed by atoms with Crippen LogP contribution in [0.2, 0.25) is 0 Å². The highest BCUT2D eigenvalue weighted by atomic mass is 35.5. The summed E-state index contributed by atoms with van der Waals surface area (Å²) >= 11 is 0. The van der Waals surface area contributed by atoms with Crippen LogP contribution in [0.15, 0.2) is 53.4 Å². The van der Waals surface area contributed by atoms with Gasteiger partial charge in [-0.25, -0.2) is 12.8 Å². The van der Waals surface area contributed by atoms with Crippen LogP contribution in [0.4, 0.5) is 10.1 Å². The zero-order chi connectivity index (χ0) is 19.2. The van der Waals surface area contributed by atoms with E-state index in [9.17, 15) is 17.6 Å². The summed E-state index contributed by atoms with van der Waals surface area (Å²) < 4.78 is 39.8. The van der Waals surface area contributed by atoms with Crippen molar-refractivity contribution in [1.82, 2.24) is 10.6 Å². The molecule has 0 heterocycles. The molecule has 0 aliphatic heterocycles. The molecule has 0 spiro atoms. The Morgan fingerprint density at radius 2 is 1.67 bits per heavy atom. The first kappa shape index (κ1) is 22.9. The topological polar surface area (TPSA) is 87.3 Å². The summed E-state index contributed by atoms with van der Waals surface area (Å²) in [6.07, 6.45) is 0. The van der Waals surface area contributed by atoms with E-state index in [0.717, 1.165) is 18.7 Å². The number of carbonyl (C=O) groups excluding carboxylic acids is 1. The van der Waals surface area contributed by atoms with Crippen LogP contribution < -0.4 is 15.4 Å². The minimum Gasteiger partial charge on any atom is -0.350 e. The van der Waals surface area contributed by atoms with Crippen molar-refractivity contribution < 1.29 is 17.6 Å². The second-order valence-corrected chi connectivity index (χ2v) is 7.49. The maximum absolute atomic E-state index is 12.9. The van der Waals surface area contributed by atoms with Gasteiger partial charge in [-0.3, -0.25) is 9.52 Å². The quantitative estimate of drug-likeness (QED) is 0.618. The van der Waals surface area contributed by atoms with Crippen LogP contribution in [-0.2, 0) is 10.0 Å². The summed E-state index contributed by atoms with van der Waals surface area (Å²) in [7, 11) is -3.82. The highest BCUT2D eigenvalue weighted by molar-refractivity contribution is 7.92. The average Bonchev–Trinajstić information content (AvgIpc) is 2.60. The predicted molar refractivity (Wildman–Crippen MR) is 106 cm³/mol. The number of hydrogen-bond donors (Lipinski definition) is 3. The second-order valence-electron chi connectivity index (χ2n) is 5.81. The third-order valence-corrected chi connectivity index (χ3v) is 5.04. The van der Waals surface area contributed by atoms with Crippen LogP contribution in [0.25, 0.3) is 0 Å². The number of amides is 1. The Balaban J connectivity index is 0.00000364. The van der Waals surface area contributed by atoms with E-state index in [4.69, 9.17) is 0 Å². The van der Waals surface area contributed by atoms with Gasteiger partial charge in [0.25, 0.3) is 15.9 Å². The molecule has 0 aliphatic rings. The molecule has 2 rings (SSSR count). The van der Waals surface area contributed by atoms with Crippen LogP contribution in [0.3, 0.4) is 0 Å². The lowest BCUT2D eigenvalue weighted by molar-refractivity contribution is 0.0950. The summed E-state index contributed by atoms with van der Waals surface area (Å²) in [5.74, 6) is -0.745. The smallest absolute Gasteiger partial charge is 0.261 e. The van der Waals surface area contributed by atoms with E-state index < -0.39 is 15.8 Å². The maximum Gasteiger partial charge on any atom is 0.261 e. The molecule has 3 N–H and O–H groups in total. The molecule has 1 amide bonds. The lowest BCUT2D eigenvalue weighted by Gasteiger charge is -2.13. The molecule has 0 saturated heterocycles. The van der Waals surface area contributed by atoms with E-state index >= 15 is 0 Å². The van der Waals surface area contributed by atoms with Gasteiger partial charge in [-0.05, 0) is 62.0 Å². The largest absolute Gasteiger partial charge is 0.350 e. The van der Waals surface area contributed by atoms with E-state index in [-0.39, 0.29) is 29.3 Å². The molecule has 2 aromatic carbocycles. The van der Waals surface area contributed by atoms with Gasteiger partial charge in [0, 0.05) is 23.8 Å². The molecule has 1 atom stereocenters. The first-order valence-corrected chi connectivity index (χ1v) is 9.70. The number of hydrogen-bond acceptors (Lipinski definition) is 4. The lowest BCUT2D eigenvalue weighted by Crippen LogP contribution is -2.38. The number of anilines is 1. The molecule has 0 radical (unpaired) electrons. The predicted octanol–water partition coefficient (Wildman–Crippen LogP) is 2.78. The van der Waals surface area contributed by atoms with Crippen LogP contribution >= 0.6 is 12.4 Å². The van der Waals surface area contributed by atoms with Gasteiger partial charge >= 0.3 is 0 Å². The van der Waals surface area contributed by atoms with Crippen molar-refractivity contribution in [1.29, 1.82) is 0 Å². The lowest BCUT2D eigenvalue weighted by atomic mass is 10.2. The summed E-state index contributed by atoms with van der Waals surface area (Å²) in [6.45, 7) is 5.27. The zero-order valence-corrected chi connectivity index (χ0v) is 16.7. The first-order valence-electron chi connectivity index (χ1n) is 8.22. The van der Waals surface area contributed by atoms with Gasteiger partial charge in [0.2, 0.25) is 0 Å². The van der Waals surface area contributed by atoms with Gasteiger partial charge in [-0.15, -0.1) is 12.4 Å². The van der Waals surface area contributed by atoms with Crippen molar-refractivity contribution in [2.45, 2.75) is 24.8 Å². The molecule has 0 bridgehead atoms. The van der Waals surface area contributed by atoms with Crippen molar-refractivity contribution in [3.05, 3.63) is 59.9 Å². The fourth-order valence-electron chi connectivity index (χ4n) is 2.29. The highest BCUT2D eigenvalue weighted by Gasteiger charge is 2.14. The summed E-state index contributed by atoms with van der Waals surface area (Å²) in [5, 5.41) is 6.00. The fraction of sp³-hybridized carbons (Fsp3) is 0.278. The van der Waals surface area contributed by atoms with Crippen molar-refractivity contribution in [3.8, 4) is 0 Å². The molecule has 0 aromatic heterocycles. The van der Waals surface area contributed by atoms with Crippen molar-refractivity contribution in [2.75, 3.05) is 17.8 Å². The zero-order valence-electron chi connectivity index (χ0n) is 15.0. The number of nitrogens with one attached hydrogen (secondary N) is 3. The molecular formula is C18H23ClFN3O3S. The van der Waals surface area contributed by atoms with Gasteiger partial charge in [0.15, 0.2) is 0 Å². The third kappa shape index (κ3) is 6.82. The van der Waals surface area contributed by atoms with Crippen molar-refractivity contribution in [3.63, 3.8) is 0 Å². The van der Waals surface area contributed by atoms with Gasteiger partial charge < -0.3 is 10.6 Å². The van der Waals surface area contributed by atoms with Crippen LogP contribution in [-0.4, -0.2) is 33.5 Å². The van der Waals surface area contributed by atoms with Crippen LogP contribution in [0.5, 0.6) is 0 Å². The number of likely N-dealkylation sites (N-methyl/N-ethyl adjacent to an activating group) is 1. The molecule has 0 saturated carbocycles. The number of carbonyl (C=O) groups is 1. The fourth-order valence-corrected chi connectivity index (χ4v) is 3.34. The minimum atomic E-state index is -3.82. The van der Waals surface area contributed by atoms with Crippen molar-refractivity contribution >= 4 is 34.0 Å². The Morgan fingerprint density at radius 3 is 2.22 bits per heavy atom. The van der Waals surface area contributed by atoms with Crippen LogP contribution in [0, 0.1) is 5.82 Å². The monoisotopic (exact) mass is 415 g/mol. The molecule has 6 nitrogen and oxygen atoms in total. The van der Waals surface area contributed by atoms with Gasteiger partial charge in [-0.1, -0.05) is 6.92 Å². The summed E-state index contributed by atoms with van der Waals surface area (Å²) in [4.78, 5) is 12.0. The second kappa shape index (κ2) is 10.2. The van der Waals surface area contributed by atoms with E-state index in [0.29, 0.717) is 17.8 Å². The van der Waals surface area contributed by atoms with E-state index in [1.807, 2.05) is 13.8 Å². The Kier molecular flexibility index (Phi) is 8.68. The standard InChI is InChI=1S/C18H22FN3O3S.ClH/c1-3-20-13(2)12-21-18(23)14-4-8-16(9-5-14)22-26(24,25)17-10-6-15(19)7-11-17;/h4-11,13,20,22H,3,12H2,1-2H3,(H,21,23);1H/t13-;/m1./s1. The van der Waals surface area contributed by atoms with E-state index in [1.54, 1.807) is 0 Å². The molecule has 2 aromatic rings. The minimum absolute atomic E-state index is 0. The molecule has 0 fully saturated rings. The molecule has 0 unspecified atom stereocenters. The third-order valence-electron chi connectivity index (χ3n) is 3.64. The Labute approximate surface area is 165 Å². The van der Waals surface area contributed by atoms with E-state index in [1.165, 1.54) is 36.4 Å². The SMILES string of the molecule is CCN[C@H](C)CNC(=O)c1ccc(NS(=O)(=O)c2ccc(F)cc2)cc1.Cl. The van der Waals surface area contributed by atoms with Gasteiger partial charge in [-0.2, -0.15) is 0 Å². The number of rotatable bonds is 8. The molecule has 148 valence electrons. The average molecular weight is 416 g/mol. The van der Waals surface area contributed by atoms with Crippen molar-refractivity contribution in [2.24, 2.45) is 0 Å². The Hall–Kier alpha value is -2.16. The molecule has 9 heteroatoms. The molecule has 0 aliphatic carbocycles. The van der Waals surface area contributed by atoms with E-state index in [2.05, 4.69) is 15.4 Å². The first-order chi connectivity index (χ1) is 12.3. The Bertz CT molecular complexity index is 843. The maximum atomic E-state index is 12.9. The summed E-state index contributed by atoms with van der Waals surface area (Å²) in [5.41, 5.74) is 0.741. The Morgan fingerprint density at radius 1 is 1.07 bits per heavy atom. The highest BCUT2D eigenvalue weighted by Crippen LogP contribution is 2.17. The normalized spacial score (nSPS) is 12.0. The molecule has 27 heavy (non-hydrogen) atoms. The van der Waals surface area contributed by atoms with Crippen LogP contribution in [0.1, 0.15) is 24.2 Å². The number of halogens is 2. The van der Waals surface area contributed by atoms with Gasteiger partial charge in [0.05, 0.1) is 4.90 Å². The molecular weight excluding hydrogens is 393 g/mol.